The smallest absolute Gasteiger partial charge is 0.180 e. The van der Waals surface area contributed by atoms with Crippen LogP contribution in [-0.2, 0) is 19.2 Å². The fourth-order valence-electron chi connectivity index (χ4n) is 2.58. The van der Waals surface area contributed by atoms with Crippen molar-refractivity contribution in [1.82, 2.24) is 0 Å². The quantitative estimate of drug-likeness (QED) is 0.541. The Morgan fingerprint density at radius 3 is 1.12 bits per heavy atom. The van der Waals surface area contributed by atoms with Gasteiger partial charge in [-0.25, -0.2) is 17.5 Å². The van der Waals surface area contributed by atoms with Crippen molar-refractivity contribution in [2.24, 2.45) is 17.5 Å². The van der Waals surface area contributed by atoms with Gasteiger partial charge in [0.2, 0.25) is 0 Å². The van der Waals surface area contributed by atoms with E-state index >= 15 is 0 Å². The lowest BCUT2D eigenvalue weighted by Gasteiger charge is -2.21. The fourth-order valence-corrected chi connectivity index (χ4v) is 5.69. The van der Waals surface area contributed by atoms with Gasteiger partial charge in [-0.1, -0.05) is 66.7 Å². The minimum Gasteiger partial charge on any atom is -0.223 e. The second kappa shape index (κ2) is 7.50. The maximum atomic E-state index is 6.02. The highest BCUT2D eigenvalue weighted by Crippen LogP contribution is 2.30. The van der Waals surface area contributed by atoms with Crippen LogP contribution in [-0.4, -0.2) is 25.0 Å². The average molecular weight is 429 g/mol. The molecule has 140 valence electrons. The lowest BCUT2D eigenvalue weighted by atomic mass is 10.2. The van der Waals surface area contributed by atoms with Gasteiger partial charge in [-0.05, 0) is 35.4 Å². The minimum atomic E-state index is -1.60. The lowest BCUT2D eigenvalue weighted by molar-refractivity contribution is 0.769. The maximum absolute atomic E-state index is 6.02. The highest BCUT2D eigenvalue weighted by atomic mass is 35.5. The molecule has 2 aromatic carbocycles. The van der Waals surface area contributed by atoms with E-state index in [1.54, 1.807) is 0 Å². The van der Waals surface area contributed by atoms with Gasteiger partial charge in [0.05, 0.1) is 0 Å². The Balaban J connectivity index is 2.16. The van der Waals surface area contributed by atoms with Gasteiger partial charge in [-0.2, -0.15) is 0 Å². The van der Waals surface area contributed by atoms with Crippen LogP contribution in [0.4, 0.5) is 0 Å². The van der Waals surface area contributed by atoms with Gasteiger partial charge in [0.25, 0.3) is 0 Å². The van der Waals surface area contributed by atoms with Crippen molar-refractivity contribution in [1.29, 1.82) is 0 Å². The van der Waals surface area contributed by atoms with E-state index in [0.29, 0.717) is 10.0 Å². The molecule has 0 radical (unpaired) electrons. The van der Waals surface area contributed by atoms with Crippen LogP contribution in [0.3, 0.4) is 0 Å². The molecule has 0 unspecified atom stereocenters. The average Bonchev–Trinajstić information content (AvgIpc) is 2.53. The molecule has 0 saturated heterocycles. The molecule has 1 aliphatic heterocycles. The predicted molar refractivity (Wildman–Crippen MR) is 117 cm³/mol. The summed E-state index contributed by atoms with van der Waals surface area (Å²) in [6, 6.07) is 15.4. The molecular formula is C18H22Cl2N4S2. The second-order valence-electron chi connectivity index (χ2n) is 6.71. The zero-order valence-electron chi connectivity index (χ0n) is 15.1. The van der Waals surface area contributed by atoms with Gasteiger partial charge < -0.3 is 0 Å². The topological polar surface area (TPSA) is 49.4 Å². The van der Waals surface area contributed by atoms with E-state index < -0.39 is 19.2 Å². The van der Waals surface area contributed by atoms with E-state index in [1.165, 1.54) is 0 Å². The molecule has 0 aliphatic carbocycles. The normalized spacial score (nSPS) is 24.1. The van der Waals surface area contributed by atoms with Crippen molar-refractivity contribution in [3.63, 3.8) is 0 Å². The summed E-state index contributed by atoms with van der Waals surface area (Å²) in [4.78, 5) is 0. The third kappa shape index (κ3) is 5.00. The summed E-state index contributed by atoms with van der Waals surface area (Å²) in [5.74, 6) is 0. The van der Waals surface area contributed by atoms with Crippen LogP contribution in [0.2, 0.25) is 10.0 Å². The molecular weight excluding hydrogens is 407 g/mol. The third-order valence-electron chi connectivity index (χ3n) is 3.77. The van der Waals surface area contributed by atoms with Gasteiger partial charge >= 0.3 is 0 Å². The number of halogens is 2. The molecule has 2 aromatic rings. The first-order valence-corrected chi connectivity index (χ1v) is 13.5. The van der Waals surface area contributed by atoms with Gasteiger partial charge in [0, 0.05) is 35.1 Å². The van der Waals surface area contributed by atoms with E-state index in [2.05, 4.69) is 25.0 Å². The Labute approximate surface area is 166 Å². The van der Waals surface area contributed by atoms with E-state index in [0.717, 1.165) is 11.1 Å². The second-order valence-corrected chi connectivity index (χ2v) is 13.3. The largest absolute Gasteiger partial charge is 0.223 e. The van der Waals surface area contributed by atoms with Crippen molar-refractivity contribution in [2.75, 3.05) is 25.0 Å². The molecule has 4 nitrogen and oxygen atoms in total. The highest BCUT2D eigenvalue weighted by molar-refractivity contribution is 7.95. The highest BCUT2D eigenvalue weighted by Gasteiger charge is 2.17. The molecule has 1 heterocycles. The first-order valence-electron chi connectivity index (χ1n) is 7.99. The molecule has 0 bridgehead atoms. The first kappa shape index (κ1) is 19.7. The van der Waals surface area contributed by atoms with Crippen LogP contribution in [0, 0.1) is 0 Å². The van der Waals surface area contributed by atoms with Crippen molar-refractivity contribution in [3.8, 4) is 0 Å². The zero-order chi connectivity index (χ0) is 18.9. The molecule has 1 aliphatic rings. The van der Waals surface area contributed by atoms with Gasteiger partial charge in [-0.3, -0.25) is 0 Å². The molecule has 0 spiro atoms. The van der Waals surface area contributed by atoms with Gasteiger partial charge in [-0.15, -0.1) is 0 Å². The molecule has 0 aromatic heterocycles. The SMILES string of the molecule is CS1(C)=NC(c2ccc(Cl)cc2)N=S(C)(C)=NC(c2ccc(Cl)cc2)N=1. The van der Waals surface area contributed by atoms with Crippen LogP contribution in [0.1, 0.15) is 23.5 Å². The Morgan fingerprint density at radius 2 is 0.846 bits per heavy atom. The Kier molecular flexibility index (Phi) is 5.68. The molecule has 0 amide bonds. The molecule has 26 heavy (non-hydrogen) atoms. The summed E-state index contributed by atoms with van der Waals surface area (Å²) >= 11 is 12.0. The van der Waals surface area contributed by atoms with Crippen LogP contribution < -0.4 is 0 Å². The summed E-state index contributed by atoms with van der Waals surface area (Å²) in [6.07, 6.45) is 7.71. The van der Waals surface area contributed by atoms with Crippen LogP contribution >= 0.6 is 23.2 Å². The number of hydrogen-bond donors (Lipinski definition) is 0. The van der Waals surface area contributed by atoms with E-state index in [9.17, 15) is 0 Å². The summed E-state index contributed by atoms with van der Waals surface area (Å²) in [7, 11) is -3.20. The van der Waals surface area contributed by atoms with Crippen molar-refractivity contribution in [3.05, 3.63) is 69.7 Å². The Morgan fingerprint density at radius 1 is 0.577 bits per heavy atom. The first-order chi connectivity index (χ1) is 12.1. The maximum Gasteiger partial charge on any atom is 0.180 e. The van der Waals surface area contributed by atoms with Crippen LogP contribution in [0.15, 0.2) is 66.0 Å². The van der Waals surface area contributed by atoms with E-state index in [4.69, 9.17) is 40.7 Å². The Bertz CT molecular complexity index is 922. The van der Waals surface area contributed by atoms with Gasteiger partial charge in [0.1, 0.15) is 0 Å². The molecule has 8 heteroatoms. The molecule has 0 atom stereocenters. The van der Waals surface area contributed by atoms with Crippen molar-refractivity contribution >= 4 is 42.4 Å². The monoisotopic (exact) mass is 428 g/mol. The summed E-state index contributed by atoms with van der Waals surface area (Å²) in [5, 5.41) is 1.41. The van der Waals surface area contributed by atoms with Crippen molar-refractivity contribution in [2.45, 2.75) is 12.3 Å². The Hall–Kier alpha value is -1.08. The molecule has 0 N–H and O–H groups in total. The fraction of sp³-hybridized carbons (Fsp3) is 0.333. The lowest BCUT2D eigenvalue weighted by Crippen LogP contribution is -2.09. The van der Waals surface area contributed by atoms with E-state index in [-0.39, 0.29) is 12.3 Å². The number of hydrogen-bond acceptors (Lipinski definition) is 4. The molecule has 0 saturated carbocycles. The van der Waals surface area contributed by atoms with Crippen LogP contribution in [0.25, 0.3) is 0 Å². The van der Waals surface area contributed by atoms with Crippen molar-refractivity contribution < 1.29 is 0 Å². The summed E-state index contributed by atoms with van der Waals surface area (Å²) in [6.45, 7) is 0. The predicted octanol–water partition coefficient (Wildman–Crippen LogP) is 6.27. The van der Waals surface area contributed by atoms with Gasteiger partial charge in [0.15, 0.2) is 12.3 Å². The zero-order valence-corrected chi connectivity index (χ0v) is 18.3. The minimum absolute atomic E-state index is 0.277. The molecule has 3 rings (SSSR count). The third-order valence-corrected chi connectivity index (χ3v) is 7.13. The number of nitrogens with zero attached hydrogens (tertiary/aromatic N) is 4. The number of benzene rings is 2. The molecule has 0 fully saturated rings. The van der Waals surface area contributed by atoms with E-state index in [1.807, 2.05) is 48.5 Å². The summed E-state index contributed by atoms with van der Waals surface area (Å²) < 4.78 is 20.0. The van der Waals surface area contributed by atoms with Crippen LogP contribution in [0.5, 0.6) is 0 Å². The number of rotatable bonds is 2. The summed E-state index contributed by atoms with van der Waals surface area (Å²) in [5.41, 5.74) is 2.04. The standard InChI is InChI=1S/C18H22Cl2N4S2/c1-25(2)21-17(13-5-9-15(19)10-6-13)23-26(3,4)24-18(22-25)14-7-11-16(20)12-8-14/h5-12,17-18H,1-4H3.